The minimum atomic E-state index is 0.437. The van der Waals surface area contributed by atoms with E-state index < -0.39 is 0 Å². The average molecular weight is 300 g/mol. The fourth-order valence-electron chi connectivity index (χ4n) is 4.05. The molecule has 2 aliphatic carbocycles. The molecule has 1 aliphatic heterocycles. The predicted octanol–water partition coefficient (Wildman–Crippen LogP) is 3.06. The maximum Gasteiger partial charge on any atom is 0.226 e. The van der Waals surface area contributed by atoms with Crippen LogP contribution < -0.4 is 0 Å². The summed E-state index contributed by atoms with van der Waals surface area (Å²) in [5.41, 5.74) is 0. The van der Waals surface area contributed by atoms with Crippen molar-refractivity contribution in [3.8, 4) is 0 Å². The van der Waals surface area contributed by atoms with E-state index in [1.807, 2.05) is 0 Å². The summed E-state index contributed by atoms with van der Waals surface area (Å²) in [6.07, 6.45) is 7.75. The Hall–Kier alpha value is -0.0500. The van der Waals surface area contributed by atoms with Crippen LogP contribution in [-0.2, 0) is 4.79 Å². The van der Waals surface area contributed by atoms with Crippen molar-refractivity contribution in [2.75, 3.05) is 18.4 Å². The Kier molecular flexibility index (Phi) is 3.47. The second-order valence-corrected chi connectivity index (χ2v) is 6.85. The topological polar surface area (TPSA) is 20.3 Å². The molecule has 0 spiro atoms. The van der Waals surface area contributed by atoms with E-state index >= 15 is 0 Å². The largest absolute Gasteiger partial charge is 0.342 e. The van der Waals surface area contributed by atoms with Crippen molar-refractivity contribution in [2.45, 2.75) is 38.5 Å². The minimum Gasteiger partial charge on any atom is -0.342 e. The van der Waals surface area contributed by atoms with Crippen molar-refractivity contribution in [3.05, 3.63) is 0 Å². The van der Waals surface area contributed by atoms with Gasteiger partial charge in [-0.2, -0.15) is 0 Å². The number of hydrogen-bond donors (Lipinski definition) is 0. The van der Waals surface area contributed by atoms with Crippen molar-refractivity contribution < 1.29 is 4.79 Å². The SMILES string of the molecule is O=C(C1C2CCCC21)N1CCCC(CCBr)C1. The van der Waals surface area contributed by atoms with Crippen LogP contribution in [0.2, 0.25) is 0 Å². The Labute approximate surface area is 112 Å². The molecule has 17 heavy (non-hydrogen) atoms. The molecule has 0 N–H and O–H groups in total. The monoisotopic (exact) mass is 299 g/mol. The second kappa shape index (κ2) is 4.91. The summed E-state index contributed by atoms with van der Waals surface area (Å²) in [5, 5.41) is 1.08. The molecular formula is C14H22BrNO. The first-order chi connectivity index (χ1) is 8.31. The average Bonchev–Trinajstić information content (AvgIpc) is 2.82. The van der Waals surface area contributed by atoms with Crippen LogP contribution in [0.1, 0.15) is 38.5 Å². The lowest BCUT2D eigenvalue weighted by Crippen LogP contribution is -2.41. The van der Waals surface area contributed by atoms with Crippen molar-refractivity contribution in [1.82, 2.24) is 4.90 Å². The second-order valence-electron chi connectivity index (χ2n) is 6.05. The summed E-state index contributed by atoms with van der Waals surface area (Å²) in [6, 6.07) is 0. The summed E-state index contributed by atoms with van der Waals surface area (Å²) in [4.78, 5) is 14.6. The number of alkyl halides is 1. The Morgan fingerprint density at radius 3 is 2.65 bits per heavy atom. The highest BCUT2D eigenvalue weighted by Crippen LogP contribution is 2.58. The Morgan fingerprint density at radius 2 is 1.94 bits per heavy atom. The molecule has 3 aliphatic rings. The molecule has 96 valence electrons. The first-order valence-electron chi connectivity index (χ1n) is 7.16. The molecule has 0 aromatic rings. The van der Waals surface area contributed by atoms with Gasteiger partial charge in [0, 0.05) is 24.3 Å². The Balaban J connectivity index is 1.55. The van der Waals surface area contributed by atoms with Gasteiger partial charge in [-0.15, -0.1) is 0 Å². The third kappa shape index (κ3) is 2.27. The van der Waals surface area contributed by atoms with Crippen LogP contribution in [-0.4, -0.2) is 29.2 Å². The minimum absolute atomic E-state index is 0.437. The lowest BCUT2D eigenvalue weighted by atomic mass is 9.95. The lowest BCUT2D eigenvalue weighted by molar-refractivity contribution is -0.135. The van der Waals surface area contributed by atoms with Crippen LogP contribution in [0, 0.1) is 23.7 Å². The molecule has 3 unspecified atom stereocenters. The summed E-state index contributed by atoms with van der Waals surface area (Å²) in [6.45, 7) is 2.05. The van der Waals surface area contributed by atoms with Gasteiger partial charge in [-0.05, 0) is 49.9 Å². The number of fused-ring (bicyclic) bond motifs is 1. The van der Waals surface area contributed by atoms with E-state index in [2.05, 4.69) is 20.8 Å². The van der Waals surface area contributed by atoms with Gasteiger partial charge in [-0.1, -0.05) is 22.4 Å². The van der Waals surface area contributed by atoms with Crippen LogP contribution in [0.15, 0.2) is 0 Å². The van der Waals surface area contributed by atoms with Gasteiger partial charge in [0.1, 0.15) is 0 Å². The van der Waals surface area contributed by atoms with Crippen molar-refractivity contribution in [2.24, 2.45) is 23.7 Å². The number of hydrogen-bond acceptors (Lipinski definition) is 1. The molecule has 3 fully saturated rings. The lowest BCUT2D eigenvalue weighted by Gasteiger charge is -2.33. The first-order valence-corrected chi connectivity index (χ1v) is 8.28. The highest BCUT2D eigenvalue weighted by atomic mass is 79.9. The number of nitrogens with zero attached hydrogens (tertiary/aromatic N) is 1. The molecule has 0 bridgehead atoms. The third-order valence-corrected chi connectivity index (χ3v) is 5.50. The molecule has 3 heteroatoms. The van der Waals surface area contributed by atoms with Gasteiger partial charge < -0.3 is 4.90 Å². The highest BCUT2D eigenvalue weighted by molar-refractivity contribution is 9.09. The molecule has 1 amide bonds. The van der Waals surface area contributed by atoms with Crippen LogP contribution in [0.5, 0.6) is 0 Å². The normalized spacial score (nSPS) is 40.2. The molecule has 0 radical (unpaired) electrons. The highest BCUT2D eigenvalue weighted by Gasteiger charge is 2.57. The number of piperidine rings is 1. The molecule has 0 aromatic heterocycles. The van der Waals surface area contributed by atoms with Gasteiger partial charge >= 0.3 is 0 Å². The fraction of sp³-hybridized carbons (Fsp3) is 0.929. The standard InChI is InChI=1S/C14H22BrNO/c15-7-6-10-3-2-8-16(9-10)14(17)13-11-4-1-5-12(11)13/h10-13H,1-9H2. The van der Waals surface area contributed by atoms with Crippen molar-refractivity contribution >= 4 is 21.8 Å². The van der Waals surface area contributed by atoms with E-state index in [1.54, 1.807) is 0 Å². The van der Waals surface area contributed by atoms with Gasteiger partial charge in [-0.25, -0.2) is 0 Å². The van der Waals surface area contributed by atoms with E-state index in [9.17, 15) is 4.79 Å². The number of carbonyl (C=O) groups excluding carboxylic acids is 1. The van der Waals surface area contributed by atoms with E-state index in [-0.39, 0.29) is 0 Å². The zero-order valence-corrected chi connectivity index (χ0v) is 12.0. The van der Waals surface area contributed by atoms with Crippen LogP contribution in [0.4, 0.5) is 0 Å². The molecular weight excluding hydrogens is 278 g/mol. The summed E-state index contributed by atoms with van der Waals surface area (Å²) < 4.78 is 0. The van der Waals surface area contributed by atoms with E-state index in [4.69, 9.17) is 0 Å². The first kappa shape index (κ1) is 12.0. The molecule has 1 saturated heterocycles. The Bertz CT molecular complexity index is 295. The molecule has 2 nitrogen and oxygen atoms in total. The molecule has 3 atom stereocenters. The van der Waals surface area contributed by atoms with Gasteiger partial charge in [-0.3, -0.25) is 4.79 Å². The number of halogens is 1. The van der Waals surface area contributed by atoms with E-state index in [1.165, 1.54) is 38.5 Å². The van der Waals surface area contributed by atoms with Gasteiger partial charge in [0.2, 0.25) is 5.91 Å². The van der Waals surface area contributed by atoms with E-state index in [0.29, 0.717) is 11.8 Å². The number of carbonyl (C=O) groups is 1. The van der Waals surface area contributed by atoms with E-state index in [0.717, 1.165) is 36.2 Å². The predicted molar refractivity (Wildman–Crippen MR) is 72.0 cm³/mol. The molecule has 3 rings (SSSR count). The van der Waals surface area contributed by atoms with Crippen LogP contribution in [0.25, 0.3) is 0 Å². The van der Waals surface area contributed by atoms with Gasteiger partial charge in [0.15, 0.2) is 0 Å². The Morgan fingerprint density at radius 1 is 1.18 bits per heavy atom. The van der Waals surface area contributed by atoms with Gasteiger partial charge in [0.25, 0.3) is 0 Å². The number of likely N-dealkylation sites (tertiary alicyclic amines) is 1. The third-order valence-electron chi connectivity index (χ3n) is 5.04. The summed E-state index contributed by atoms with van der Waals surface area (Å²) >= 11 is 3.52. The summed E-state index contributed by atoms with van der Waals surface area (Å²) in [5.74, 6) is 3.23. The quantitative estimate of drug-likeness (QED) is 0.734. The van der Waals surface area contributed by atoms with Gasteiger partial charge in [0.05, 0.1) is 0 Å². The summed E-state index contributed by atoms with van der Waals surface area (Å²) in [7, 11) is 0. The van der Waals surface area contributed by atoms with Crippen molar-refractivity contribution in [1.29, 1.82) is 0 Å². The van der Waals surface area contributed by atoms with Crippen LogP contribution in [0.3, 0.4) is 0 Å². The smallest absolute Gasteiger partial charge is 0.226 e. The molecule has 1 heterocycles. The maximum atomic E-state index is 12.4. The van der Waals surface area contributed by atoms with Crippen molar-refractivity contribution in [3.63, 3.8) is 0 Å². The zero-order chi connectivity index (χ0) is 11.8. The number of rotatable bonds is 3. The molecule has 2 saturated carbocycles. The maximum absolute atomic E-state index is 12.4. The van der Waals surface area contributed by atoms with Crippen LogP contribution >= 0.6 is 15.9 Å². The molecule has 0 aromatic carbocycles. The number of amides is 1. The fourth-order valence-corrected chi connectivity index (χ4v) is 4.70. The zero-order valence-electron chi connectivity index (χ0n) is 10.4.